The summed E-state index contributed by atoms with van der Waals surface area (Å²) in [7, 11) is 0. The fourth-order valence-electron chi connectivity index (χ4n) is 1.92. The van der Waals surface area contributed by atoms with Crippen LogP contribution in [0.1, 0.15) is 22.3 Å². The van der Waals surface area contributed by atoms with Gasteiger partial charge < -0.3 is 4.52 Å². The lowest BCUT2D eigenvalue weighted by atomic mass is 10.2. The van der Waals surface area contributed by atoms with Gasteiger partial charge in [-0.2, -0.15) is 5.10 Å². The van der Waals surface area contributed by atoms with Crippen LogP contribution in [0.2, 0.25) is 0 Å². The van der Waals surface area contributed by atoms with Crippen LogP contribution in [-0.4, -0.2) is 28.3 Å². The predicted molar refractivity (Wildman–Crippen MR) is 65.1 cm³/mol. The number of benzene rings is 1. The maximum atomic E-state index is 13.1. The van der Waals surface area contributed by atoms with E-state index in [1.54, 1.807) is 12.3 Å². The van der Waals surface area contributed by atoms with E-state index in [9.17, 15) is 9.18 Å². The molecule has 0 saturated heterocycles. The molecule has 3 rings (SSSR count). The van der Waals surface area contributed by atoms with Crippen molar-refractivity contribution < 1.29 is 13.7 Å². The third kappa shape index (κ3) is 2.24. The Labute approximate surface area is 108 Å². The molecule has 0 radical (unpaired) electrons. The van der Waals surface area contributed by atoms with Gasteiger partial charge in [0.15, 0.2) is 0 Å². The molecular weight excluding hydrogens is 249 g/mol. The number of carbonyl (C=O) groups is 1. The smallest absolute Gasteiger partial charge is 0.274 e. The van der Waals surface area contributed by atoms with Gasteiger partial charge in [-0.1, -0.05) is 11.2 Å². The second kappa shape index (κ2) is 4.64. The third-order valence-corrected chi connectivity index (χ3v) is 2.87. The molecule has 0 spiro atoms. The zero-order valence-corrected chi connectivity index (χ0v) is 9.91. The number of rotatable bonds is 2. The van der Waals surface area contributed by atoms with Crippen LogP contribution in [0.4, 0.5) is 4.39 Å². The number of aromatic nitrogens is 1. The Morgan fingerprint density at radius 2 is 2.32 bits per heavy atom. The maximum Gasteiger partial charge on any atom is 0.274 e. The van der Waals surface area contributed by atoms with Crippen LogP contribution in [0.3, 0.4) is 0 Å². The second-order valence-electron chi connectivity index (χ2n) is 4.15. The first-order valence-electron chi connectivity index (χ1n) is 5.79. The number of hydrogen-bond donors (Lipinski definition) is 0. The molecule has 19 heavy (non-hydrogen) atoms. The van der Waals surface area contributed by atoms with Gasteiger partial charge in [-0.3, -0.25) is 4.79 Å². The molecule has 0 unspecified atom stereocenters. The lowest BCUT2D eigenvalue weighted by Crippen LogP contribution is -2.23. The van der Waals surface area contributed by atoms with Crippen molar-refractivity contribution in [2.24, 2.45) is 5.10 Å². The van der Waals surface area contributed by atoms with E-state index in [1.165, 1.54) is 29.5 Å². The van der Waals surface area contributed by atoms with Gasteiger partial charge in [-0.15, -0.1) is 0 Å². The van der Waals surface area contributed by atoms with E-state index in [-0.39, 0.29) is 11.5 Å². The zero-order valence-electron chi connectivity index (χ0n) is 9.91. The first kappa shape index (κ1) is 11.6. The van der Waals surface area contributed by atoms with Crippen molar-refractivity contribution in [3.05, 3.63) is 53.7 Å². The van der Waals surface area contributed by atoms with Gasteiger partial charge in [0.2, 0.25) is 0 Å². The van der Waals surface area contributed by atoms with Crippen molar-refractivity contribution in [3.8, 4) is 0 Å². The summed E-state index contributed by atoms with van der Waals surface area (Å²) in [6, 6.07) is 5.57. The Balaban J connectivity index is 1.83. The number of carbonyl (C=O) groups excluding carboxylic acids is 1. The summed E-state index contributed by atoms with van der Waals surface area (Å²) in [4.78, 5) is 12.1. The molecule has 1 aromatic carbocycles. The van der Waals surface area contributed by atoms with Crippen LogP contribution in [0, 0.1) is 5.82 Å². The van der Waals surface area contributed by atoms with Gasteiger partial charge in [-0.25, -0.2) is 9.40 Å². The lowest BCUT2D eigenvalue weighted by molar-refractivity contribution is 0.0778. The molecule has 5 nitrogen and oxygen atoms in total. The SMILES string of the molecule is O=C(c1cccc(F)c1)N1CCC(c2cnoc2)=N1. The monoisotopic (exact) mass is 259 g/mol. The molecule has 0 aliphatic carbocycles. The van der Waals surface area contributed by atoms with E-state index < -0.39 is 5.82 Å². The van der Waals surface area contributed by atoms with Crippen LogP contribution in [-0.2, 0) is 0 Å². The molecule has 0 bridgehead atoms. The fourth-order valence-corrected chi connectivity index (χ4v) is 1.92. The molecule has 2 heterocycles. The van der Waals surface area contributed by atoms with Crippen LogP contribution >= 0.6 is 0 Å². The zero-order chi connectivity index (χ0) is 13.2. The predicted octanol–water partition coefficient (Wildman–Crippen LogP) is 2.06. The topological polar surface area (TPSA) is 58.7 Å². The Bertz CT molecular complexity index is 637. The highest BCUT2D eigenvalue weighted by Crippen LogP contribution is 2.16. The highest BCUT2D eigenvalue weighted by atomic mass is 19.1. The molecule has 0 atom stereocenters. The van der Waals surface area contributed by atoms with Gasteiger partial charge in [0, 0.05) is 12.0 Å². The second-order valence-corrected chi connectivity index (χ2v) is 4.15. The summed E-state index contributed by atoms with van der Waals surface area (Å²) in [5.41, 5.74) is 1.79. The third-order valence-electron chi connectivity index (χ3n) is 2.87. The van der Waals surface area contributed by atoms with Gasteiger partial charge in [0.25, 0.3) is 5.91 Å². The summed E-state index contributed by atoms with van der Waals surface area (Å²) in [5, 5.41) is 9.14. The van der Waals surface area contributed by atoms with Gasteiger partial charge in [-0.05, 0) is 18.2 Å². The van der Waals surface area contributed by atoms with Crippen molar-refractivity contribution in [3.63, 3.8) is 0 Å². The van der Waals surface area contributed by atoms with Crippen LogP contribution < -0.4 is 0 Å². The summed E-state index contributed by atoms with van der Waals surface area (Å²) in [6.45, 7) is 0.468. The Hall–Kier alpha value is -2.50. The molecule has 0 fully saturated rings. The van der Waals surface area contributed by atoms with Gasteiger partial charge in [0.1, 0.15) is 12.1 Å². The number of halogens is 1. The van der Waals surface area contributed by atoms with E-state index in [1.807, 2.05) is 0 Å². The molecular formula is C13H10FN3O2. The average Bonchev–Trinajstić information content (AvgIpc) is 3.08. The maximum absolute atomic E-state index is 13.1. The molecule has 1 aliphatic heterocycles. The van der Waals surface area contributed by atoms with E-state index in [4.69, 9.17) is 4.52 Å². The van der Waals surface area contributed by atoms with Gasteiger partial charge >= 0.3 is 0 Å². The van der Waals surface area contributed by atoms with Crippen molar-refractivity contribution in [1.82, 2.24) is 10.2 Å². The molecule has 0 N–H and O–H groups in total. The molecule has 1 amide bonds. The number of hydrazone groups is 1. The van der Waals surface area contributed by atoms with E-state index in [0.29, 0.717) is 13.0 Å². The highest BCUT2D eigenvalue weighted by molar-refractivity contribution is 6.04. The van der Waals surface area contributed by atoms with E-state index in [2.05, 4.69) is 10.3 Å². The van der Waals surface area contributed by atoms with Crippen molar-refractivity contribution in [1.29, 1.82) is 0 Å². The molecule has 1 aromatic heterocycles. The number of amides is 1. The summed E-state index contributed by atoms with van der Waals surface area (Å²) in [6.07, 6.45) is 3.66. The minimum absolute atomic E-state index is 0.287. The molecule has 0 saturated carbocycles. The van der Waals surface area contributed by atoms with Crippen molar-refractivity contribution in [2.45, 2.75) is 6.42 Å². The number of hydrogen-bond acceptors (Lipinski definition) is 4. The van der Waals surface area contributed by atoms with Crippen LogP contribution in [0.15, 0.2) is 46.3 Å². The Morgan fingerprint density at radius 1 is 1.42 bits per heavy atom. The van der Waals surface area contributed by atoms with Gasteiger partial charge in [0.05, 0.1) is 24.0 Å². The standard InChI is InChI=1S/C13H10FN3O2/c14-11-3-1-2-9(6-11)13(18)17-5-4-12(16-17)10-7-15-19-8-10/h1-3,6-8H,4-5H2. The quantitative estimate of drug-likeness (QED) is 0.829. The van der Waals surface area contributed by atoms with E-state index >= 15 is 0 Å². The summed E-state index contributed by atoms with van der Waals surface area (Å²) in [5.74, 6) is -0.751. The first-order valence-corrected chi connectivity index (χ1v) is 5.79. The van der Waals surface area contributed by atoms with Crippen LogP contribution in [0.5, 0.6) is 0 Å². The van der Waals surface area contributed by atoms with Crippen molar-refractivity contribution >= 4 is 11.6 Å². The Morgan fingerprint density at radius 3 is 3.05 bits per heavy atom. The minimum Gasteiger partial charge on any atom is -0.364 e. The molecule has 6 heteroatoms. The first-order chi connectivity index (χ1) is 9.24. The van der Waals surface area contributed by atoms with E-state index in [0.717, 1.165) is 11.3 Å². The molecule has 2 aromatic rings. The Kier molecular flexibility index (Phi) is 2.83. The molecule has 1 aliphatic rings. The van der Waals surface area contributed by atoms with Crippen molar-refractivity contribution in [2.75, 3.05) is 6.54 Å². The minimum atomic E-state index is -0.437. The fraction of sp³-hybridized carbons (Fsp3) is 0.154. The summed E-state index contributed by atoms with van der Waals surface area (Å²) >= 11 is 0. The highest BCUT2D eigenvalue weighted by Gasteiger charge is 2.23. The normalized spacial score (nSPS) is 14.6. The average molecular weight is 259 g/mol. The van der Waals surface area contributed by atoms with Crippen LogP contribution in [0.25, 0.3) is 0 Å². The number of nitrogens with zero attached hydrogens (tertiary/aromatic N) is 3. The molecule has 96 valence electrons. The lowest BCUT2D eigenvalue weighted by Gasteiger charge is -2.10. The summed E-state index contributed by atoms with van der Waals surface area (Å²) < 4.78 is 17.8. The largest absolute Gasteiger partial charge is 0.364 e.